The van der Waals surface area contributed by atoms with Gasteiger partial charge in [-0.05, 0) is 79.9 Å². The van der Waals surface area contributed by atoms with Gasteiger partial charge in [0, 0.05) is 0 Å². The average Bonchev–Trinajstić information content (AvgIpc) is 2.77. The van der Waals surface area contributed by atoms with Crippen LogP contribution >= 0.6 is 0 Å². The summed E-state index contributed by atoms with van der Waals surface area (Å²) >= 11 is 0. The van der Waals surface area contributed by atoms with Crippen molar-refractivity contribution in [1.29, 1.82) is 0 Å². The van der Waals surface area contributed by atoms with Crippen LogP contribution in [0.5, 0.6) is 0 Å². The van der Waals surface area contributed by atoms with Crippen LogP contribution in [0.15, 0.2) is 71.6 Å². The summed E-state index contributed by atoms with van der Waals surface area (Å²) in [5.74, 6) is -1.64. The predicted molar refractivity (Wildman–Crippen MR) is 124 cm³/mol. The molecule has 1 unspecified atom stereocenters. The van der Waals surface area contributed by atoms with Gasteiger partial charge in [-0.1, -0.05) is 30.7 Å². The van der Waals surface area contributed by atoms with E-state index in [9.17, 15) is 22.0 Å². The summed E-state index contributed by atoms with van der Waals surface area (Å²) in [7, 11) is -4.22. The Morgan fingerprint density at radius 1 is 0.939 bits per heavy atom. The third kappa shape index (κ3) is 5.76. The first-order valence-electron chi connectivity index (χ1n) is 10.5. The highest BCUT2D eigenvalue weighted by molar-refractivity contribution is 7.92. The van der Waals surface area contributed by atoms with Gasteiger partial charge in [0.15, 0.2) is 0 Å². The maximum Gasteiger partial charge on any atom is 0.264 e. The molecule has 3 aromatic rings. The summed E-state index contributed by atoms with van der Waals surface area (Å²) in [6, 6.07) is 14.7. The molecule has 0 radical (unpaired) electrons. The molecule has 0 aliphatic heterocycles. The van der Waals surface area contributed by atoms with Gasteiger partial charge in [-0.25, -0.2) is 17.2 Å². The lowest BCUT2D eigenvalue weighted by Gasteiger charge is -2.26. The smallest absolute Gasteiger partial charge is 0.264 e. The van der Waals surface area contributed by atoms with Gasteiger partial charge >= 0.3 is 0 Å². The number of amides is 1. The second kappa shape index (κ2) is 10.1. The maximum atomic E-state index is 13.5. The number of sulfonamides is 1. The molecule has 0 aromatic heterocycles. The van der Waals surface area contributed by atoms with E-state index in [2.05, 4.69) is 5.32 Å². The quantitative estimate of drug-likeness (QED) is 0.499. The first-order valence-corrected chi connectivity index (χ1v) is 12.0. The second-order valence-corrected chi connectivity index (χ2v) is 9.69. The summed E-state index contributed by atoms with van der Waals surface area (Å²) in [5, 5.41) is 2.91. The first-order chi connectivity index (χ1) is 15.6. The third-order valence-corrected chi connectivity index (χ3v) is 7.14. The van der Waals surface area contributed by atoms with E-state index in [1.54, 1.807) is 0 Å². The Morgan fingerprint density at radius 3 is 2.06 bits per heavy atom. The van der Waals surface area contributed by atoms with Gasteiger partial charge in [0.1, 0.15) is 18.2 Å². The van der Waals surface area contributed by atoms with E-state index >= 15 is 0 Å². The van der Waals surface area contributed by atoms with Crippen molar-refractivity contribution in [2.45, 2.75) is 38.1 Å². The van der Waals surface area contributed by atoms with Crippen molar-refractivity contribution in [3.8, 4) is 0 Å². The number of carbonyl (C=O) groups excluding carboxylic acids is 1. The molecule has 5 nitrogen and oxygen atoms in total. The molecule has 0 aliphatic carbocycles. The number of nitrogens with one attached hydrogen (secondary N) is 1. The Kier molecular flexibility index (Phi) is 7.48. The number of carbonyl (C=O) groups is 1. The lowest BCUT2D eigenvalue weighted by Crippen LogP contribution is -2.42. The summed E-state index contributed by atoms with van der Waals surface area (Å²) in [4.78, 5) is 12.8. The molecule has 0 saturated carbocycles. The largest absolute Gasteiger partial charge is 0.348 e. The number of aryl methyl sites for hydroxylation is 2. The number of anilines is 1. The molecule has 1 amide bonds. The van der Waals surface area contributed by atoms with Gasteiger partial charge in [-0.15, -0.1) is 0 Å². The zero-order chi connectivity index (χ0) is 24.2. The van der Waals surface area contributed by atoms with Crippen molar-refractivity contribution in [1.82, 2.24) is 5.32 Å². The number of hydrogen-bond donors (Lipinski definition) is 1. The molecule has 3 aromatic carbocycles. The van der Waals surface area contributed by atoms with E-state index in [4.69, 9.17) is 0 Å². The van der Waals surface area contributed by atoms with Crippen LogP contribution in [0.1, 0.15) is 36.1 Å². The molecule has 1 N–H and O–H groups in total. The van der Waals surface area contributed by atoms with Crippen molar-refractivity contribution >= 4 is 21.6 Å². The van der Waals surface area contributed by atoms with Crippen molar-refractivity contribution < 1.29 is 22.0 Å². The van der Waals surface area contributed by atoms with Gasteiger partial charge in [-0.2, -0.15) is 0 Å². The molecule has 3 rings (SSSR count). The van der Waals surface area contributed by atoms with Crippen LogP contribution in [-0.2, 0) is 14.8 Å². The maximum absolute atomic E-state index is 13.5. The summed E-state index contributed by atoms with van der Waals surface area (Å²) in [6.07, 6.45) is 0.608. The van der Waals surface area contributed by atoms with E-state index in [-0.39, 0.29) is 16.6 Å². The van der Waals surface area contributed by atoms with E-state index < -0.39 is 34.1 Å². The van der Waals surface area contributed by atoms with Gasteiger partial charge < -0.3 is 5.32 Å². The highest BCUT2D eigenvalue weighted by atomic mass is 32.2. The number of rotatable bonds is 8. The Balaban J connectivity index is 1.91. The molecular formula is C25H26F2N2O3S. The van der Waals surface area contributed by atoms with E-state index in [0.717, 1.165) is 57.4 Å². The normalized spacial score (nSPS) is 12.3. The lowest BCUT2D eigenvalue weighted by atomic mass is 9.97. The van der Waals surface area contributed by atoms with Gasteiger partial charge in [-0.3, -0.25) is 9.10 Å². The highest BCUT2D eigenvalue weighted by Crippen LogP contribution is 2.25. The number of nitrogens with zero attached hydrogens (tertiary/aromatic N) is 1. The zero-order valence-electron chi connectivity index (χ0n) is 18.7. The monoisotopic (exact) mass is 472 g/mol. The molecule has 1 atom stereocenters. The number of hydrogen-bond acceptors (Lipinski definition) is 3. The fourth-order valence-electron chi connectivity index (χ4n) is 3.64. The minimum atomic E-state index is -4.22. The minimum Gasteiger partial charge on any atom is -0.348 e. The van der Waals surface area contributed by atoms with Crippen molar-refractivity contribution in [2.75, 3.05) is 10.8 Å². The zero-order valence-corrected chi connectivity index (χ0v) is 19.5. The van der Waals surface area contributed by atoms with Gasteiger partial charge in [0.2, 0.25) is 5.91 Å². The summed E-state index contributed by atoms with van der Waals surface area (Å²) < 4.78 is 54.3. The van der Waals surface area contributed by atoms with Gasteiger partial charge in [0.25, 0.3) is 10.0 Å². The number of benzene rings is 3. The van der Waals surface area contributed by atoms with E-state index in [1.807, 2.05) is 39.0 Å². The van der Waals surface area contributed by atoms with Gasteiger partial charge in [0.05, 0.1) is 16.6 Å². The van der Waals surface area contributed by atoms with Crippen LogP contribution in [0, 0.1) is 25.5 Å². The Morgan fingerprint density at radius 2 is 1.52 bits per heavy atom. The van der Waals surface area contributed by atoms with E-state index in [0.29, 0.717) is 6.42 Å². The summed E-state index contributed by atoms with van der Waals surface area (Å²) in [5.41, 5.74) is 3.20. The van der Waals surface area contributed by atoms with Crippen LogP contribution in [0.4, 0.5) is 14.5 Å². The molecule has 0 fully saturated rings. The molecule has 8 heteroatoms. The van der Waals surface area contributed by atoms with Crippen LogP contribution in [-0.4, -0.2) is 20.9 Å². The molecular weight excluding hydrogens is 446 g/mol. The first kappa shape index (κ1) is 24.4. The molecule has 174 valence electrons. The Hall–Kier alpha value is -3.26. The average molecular weight is 473 g/mol. The molecule has 33 heavy (non-hydrogen) atoms. The summed E-state index contributed by atoms with van der Waals surface area (Å²) in [6.45, 7) is 5.35. The lowest BCUT2D eigenvalue weighted by molar-refractivity contribution is -0.120. The SMILES string of the molecule is CCC(NC(=O)CN(c1ccc(F)cc1)S(=O)(=O)c1ccc(F)cc1)c1ccc(C)cc1C. The van der Waals surface area contributed by atoms with Crippen LogP contribution in [0.3, 0.4) is 0 Å². The topological polar surface area (TPSA) is 66.5 Å². The van der Waals surface area contributed by atoms with E-state index in [1.165, 1.54) is 12.1 Å². The Bertz CT molecular complexity index is 1230. The molecule has 0 bridgehead atoms. The van der Waals surface area contributed by atoms with Crippen molar-refractivity contribution in [3.05, 3.63) is 95.1 Å². The predicted octanol–water partition coefficient (Wildman–Crippen LogP) is 5.04. The fourth-order valence-corrected chi connectivity index (χ4v) is 5.06. The molecule has 0 aliphatic rings. The van der Waals surface area contributed by atoms with Crippen LogP contribution in [0.25, 0.3) is 0 Å². The fraction of sp³-hybridized carbons (Fsp3) is 0.240. The molecule has 0 heterocycles. The van der Waals surface area contributed by atoms with Crippen molar-refractivity contribution in [2.24, 2.45) is 0 Å². The molecule has 0 saturated heterocycles. The minimum absolute atomic E-state index is 0.121. The Labute approximate surface area is 193 Å². The standard InChI is InChI=1S/C25H26F2N2O3S/c1-4-24(23-14-5-17(2)15-18(23)3)28-25(30)16-29(21-10-6-19(26)7-11-21)33(31,32)22-12-8-20(27)9-13-22/h5-15,24H,4,16H2,1-3H3,(H,28,30). The van der Waals surface area contributed by atoms with Crippen LogP contribution in [0.2, 0.25) is 0 Å². The van der Waals surface area contributed by atoms with Crippen molar-refractivity contribution in [3.63, 3.8) is 0 Å². The highest BCUT2D eigenvalue weighted by Gasteiger charge is 2.28. The second-order valence-electron chi connectivity index (χ2n) is 7.83. The number of halogens is 2. The third-order valence-electron chi connectivity index (χ3n) is 5.35. The molecule has 0 spiro atoms. The van der Waals surface area contributed by atoms with Crippen LogP contribution < -0.4 is 9.62 Å².